The molecule has 0 aromatic heterocycles. The molecular formula is C18H27BO7. The van der Waals surface area contributed by atoms with Crippen molar-refractivity contribution in [2.45, 2.75) is 51.9 Å². The normalized spacial score (nSPS) is 21.2. The van der Waals surface area contributed by atoms with E-state index in [1.165, 1.54) is 26.0 Å². The van der Waals surface area contributed by atoms with Gasteiger partial charge in [-0.2, -0.15) is 0 Å². The van der Waals surface area contributed by atoms with Crippen molar-refractivity contribution in [2.75, 3.05) is 20.3 Å². The van der Waals surface area contributed by atoms with Crippen LogP contribution in [-0.2, 0) is 30.3 Å². The van der Waals surface area contributed by atoms with E-state index < -0.39 is 19.2 Å². The zero-order valence-electron chi connectivity index (χ0n) is 15.6. The number of methoxy groups -OCH3 is 1. The molecule has 8 heteroatoms. The van der Waals surface area contributed by atoms with Gasteiger partial charge in [-0.1, -0.05) is 0 Å². The van der Waals surface area contributed by atoms with Gasteiger partial charge in [0.15, 0.2) is 0 Å². The topological polar surface area (TPSA) is 94.5 Å². The summed E-state index contributed by atoms with van der Waals surface area (Å²) in [5.74, 6) is -0.371. The fourth-order valence-corrected chi connectivity index (χ4v) is 3.15. The summed E-state index contributed by atoms with van der Waals surface area (Å²) in [5.41, 5.74) is 1.84. The zero-order chi connectivity index (χ0) is 19.1. The van der Waals surface area contributed by atoms with Crippen LogP contribution in [-0.4, -0.2) is 49.6 Å². The molecule has 0 saturated carbocycles. The summed E-state index contributed by atoms with van der Waals surface area (Å²) in [6, 6.07) is 2.98. The molecule has 1 saturated heterocycles. The van der Waals surface area contributed by atoms with E-state index in [-0.39, 0.29) is 18.8 Å². The minimum atomic E-state index is -1.16. The largest absolute Gasteiger partial charge is 0.508 e. The number of carbonyl (C=O) groups excluding carboxylic acids is 1. The Labute approximate surface area is 154 Å². The van der Waals surface area contributed by atoms with Crippen molar-refractivity contribution in [2.24, 2.45) is 0 Å². The Morgan fingerprint density at radius 1 is 1.42 bits per heavy atom. The van der Waals surface area contributed by atoms with Crippen molar-refractivity contribution in [3.05, 3.63) is 23.3 Å². The van der Waals surface area contributed by atoms with Gasteiger partial charge in [0.1, 0.15) is 5.75 Å². The molecule has 7 nitrogen and oxygen atoms in total. The standard InChI is InChI=1S/C13H17BO6.C5H10O/c1-3-19-12(16)6-11-13-8(7-18-2)4-9(15)5-10(13)14(17)20-11;1-5-3-2-4-6-5/h4-5,11,15,17H,3,6-7H2,1-2H3;5H,2-4H2,1H3. The molecule has 2 heterocycles. The van der Waals surface area contributed by atoms with E-state index in [0.29, 0.717) is 29.3 Å². The van der Waals surface area contributed by atoms with Crippen LogP contribution in [0.1, 0.15) is 50.3 Å². The molecule has 2 unspecified atom stereocenters. The summed E-state index contributed by atoms with van der Waals surface area (Å²) in [6.07, 6.45) is 2.50. The van der Waals surface area contributed by atoms with Gasteiger partial charge < -0.3 is 29.0 Å². The summed E-state index contributed by atoms with van der Waals surface area (Å²) >= 11 is 0. The quantitative estimate of drug-likeness (QED) is 0.601. The lowest BCUT2D eigenvalue weighted by Gasteiger charge is -2.15. The van der Waals surface area contributed by atoms with E-state index in [1.807, 2.05) is 0 Å². The van der Waals surface area contributed by atoms with Crippen LogP contribution >= 0.6 is 0 Å². The number of benzene rings is 1. The van der Waals surface area contributed by atoms with Crippen molar-refractivity contribution in [1.82, 2.24) is 0 Å². The molecule has 2 aliphatic rings. The van der Waals surface area contributed by atoms with Gasteiger partial charge in [0.2, 0.25) is 0 Å². The molecule has 1 aromatic rings. The first-order valence-corrected chi connectivity index (χ1v) is 8.91. The Balaban J connectivity index is 0.000000342. The highest BCUT2D eigenvalue weighted by Gasteiger charge is 2.38. The average molecular weight is 366 g/mol. The van der Waals surface area contributed by atoms with E-state index in [0.717, 1.165) is 6.61 Å². The van der Waals surface area contributed by atoms with Gasteiger partial charge in [-0.05, 0) is 55.4 Å². The smallest absolute Gasteiger partial charge is 0.492 e. The van der Waals surface area contributed by atoms with Gasteiger partial charge >= 0.3 is 13.1 Å². The van der Waals surface area contributed by atoms with Crippen LogP contribution in [0.3, 0.4) is 0 Å². The van der Waals surface area contributed by atoms with Crippen LogP contribution in [0.15, 0.2) is 12.1 Å². The molecule has 0 radical (unpaired) electrons. The molecule has 1 aromatic carbocycles. The molecule has 0 aliphatic carbocycles. The Kier molecular flexibility index (Phi) is 7.90. The van der Waals surface area contributed by atoms with Crippen molar-refractivity contribution < 1.29 is 33.8 Å². The first-order chi connectivity index (χ1) is 12.5. The van der Waals surface area contributed by atoms with E-state index in [4.69, 9.17) is 18.9 Å². The Morgan fingerprint density at radius 3 is 2.73 bits per heavy atom. The molecule has 0 spiro atoms. The number of ether oxygens (including phenoxy) is 3. The number of hydrogen-bond acceptors (Lipinski definition) is 7. The molecule has 0 amide bonds. The summed E-state index contributed by atoms with van der Waals surface area (Å²) in [6.45, 7) is 5.38. The lowest BCUT2D eigenvalue weighted by molar-refractivity contribution is -0.145. The van der Waals surface area contributed by atoms with Gasteiger partial charge in [-0.25, -0.2) is 0 Å². The third kappa shape index (κ3) is 5.44. The molecule has 2 aliphatic heterocycles. The third-order valence-corrected chi connectivity index (χ3v) is 4.28. The predicted molar refractivity (Wildman–Crippen MR) is 96.2 cm³/mol. The highest BCUT2D eigenvalue weighted by molar-refractivity contribution is 6.62. The van der Waals surface area contributed by atoms with E-state index in [9.17, 15) is 14.9 Å². The number of aromatic hydroxyl groups is 1. The van der Waals surface area contributed by atoms with E-state index in [2.05, 4.69) is 6.92 Å². The Hall–Kier alpha value is -1.61. The average Bonchev–Trinajstić information content (AvgIpc) is 3.16. The monoisotopic (exact) mass is 366 g/mol. The lowest BCUT2D eigenvalue weighted by atomic mass is 9.77. The molecule has 2 N–H and O–H groups in total. The number of carbonyl (C=O) groups is 1. The van der Waals surface area contributed by atoms with Crippen LogP contribution in [0, 0.1) is 0 Å². The molecule has 2 atom stereocenters. The number of hydrogen-bond donors (Lipinski definition) is 2. The van der Waals surface area contributed by atoms with Crippen LogP contribution < -0.4 is 5.46 Å². The number of rotatable bonds is 5. The fraction of sp³-hybridized carbons (Fsp3) is 0.611. The minimum Gasteiger partial charge on any atom is -0.508 e. The summed E-state index contributed by atoms with van der Waals surface area (Å²) in [4.78, 5) is 11.6. The maximum absolute atomic E-state index is 11.6. The van der Waals surface area contributed by atoms with E-state index in [1.54, 1.807) is 13.0 Å². The molecule has 0 bridgehead atoms. The van der Waals surface area contributed by atoms with Crippen molar-refractivity contribution in [3.63, 3.8) is 0 Å². The minimum absolute atomic E-state index is 0.0133. The van der Waals surface area contributed by atoms with Gasteiger partial charge in [0, 0.05) is 13.7 Å². The molecular weight excluding hydrogens is 339 g/mol. The summed E-state index contributed by atoms with van der Waals surface area (Å²) in [5, 5.41) is 19.5. The number of esters is 1. The van der Waals surface area contributed by atoms with Gasteiger partial charge in [-0.15, -0.1) is 0 Å². The van der Waals surface area contributed by atoms with Crippen LogP contribution in [0.2, 0.25) is 0 Å². The van der Waals surface area contributed by atoms with Crippen molar-refractivity contribution in [1.29, 1.82) is 0 Å². The number of fused-ring (bicyclic) bond motifs is 1. The molecule has 144 valence electrons. The Morgan fingerprint density at radius 2 is 2.19 bits per heavy atom. The first kappa shape index (κ1) is 20.7. The number of phenols is 1. The van der Waals surface area contributed by atoms with Crippen LogP contribution in [0.4, 0.5) is 0 Å². The second-order valence-electron chi connectivity index (χ2n) is 6.35. The molecule has 1 fully saturated rings. The van der Waals surface area contributed by atoms with Gasteiger partial charge in [0.25, 0.3) is 0 Å². The maximum atomic E-state index is 11.6. The number of phenolic OH excluding ortho intramolecular Hbond substituents is 1. The van der Waals surface area contributed by atoms with Crippen LogP contribution in [0.5, 0.6) is 5.75 Å². The SMILES string of the molecule is CC1CCCO1.CCOC(=O)CC1OB(O)c2cc(O)cc(COC)c21. The van der Waals surface area contributed by atoms with Crippen molar-refractivity contribution in [3.8, 4) is 5.75 Å². The first-order valence-electron chi connectivity index (χ1n) is 8.91. The third-order valence-electron chi connectivity index (χ3n) is 4.28. The van der Waals surface area contributed by atoms with Crippen LogP contribution in [0.25, 0.3) is 0 Å². The summed E-state index contributed by atoms with van der Waals surface area (Å²) in [7, 11) is 0.371. The highest BCUT2D eigenvalue weighted by Crippen LogP contribution is 2.32. The molecule has 26 heavy (non-hydrogen) atoms. The second kappa shape index (κ2) is 9.92. The van der Waals surface area contributed by atoms with Gasteiger partial charge in [0.05, 0.1) is 31.8 Å². The van der Waals surface area contributed by atoms with Gasteiger partial charge in [-0.3, -0.25) is 4.79 Å². The van der Waals surface area contributed by atoms with Crippen molar-refractivity contribution >= 4 is 18.6 Å². The maximum Gasteiger partial charge on any atom is 0.492 e. The second-order valence-corrected chi connectivity index (χ2v) is 6.35. The lowest BCUT2D eigenvalue weighted by Crippen LogP contribution is -2.28. The fourth-order valence-electron chi connectivity index (χ4n) is 3.15. The summed E-state index contributed by atoms with van der Waals surface area (Å²) < 4.78 is 20.5. The molecule has 3 rings (SSSR count). The zero-order valence-corrected chi connectivity index (χ0v) is 15.6. The van der Waals surface area contributed by atoms with E-state index >= 15 is 0 Å². The highest BCUT2D eigenvalue weighted by atomic mass is 16.5. The predicted octanol–water partition coefficient (Wildman–Crippen LogP) is 1.44. The Bertz CT molecular complexity index is 601.